The first-order valence-electron chi connectivity index (χ1n) is 3.92. The molecule has 0 radical (unpaired) electrons. The normalized spacial score (nSPS) is 44.6. The van der Waals surface area contributed by atoms with E-state index in [0.29, 0.717) is 19.1 Å². The standard InChI is InChI=1S/C7H11ClO3S/c8-3-7-4-11-1-6(7)2-12(9,10)5-7/h6H,1-5H2. The van der Waals surface area contributed by atoms with Crippen LogP contribution in [0.25, 0.3) is 0 Å². The van der Waals surface area contributed by atoms with Crippen LogP contribution in [0.4, 0.5) is 0 Å². The van der Waals surface area contributed by atoms with Crippen LogP contribution in [0.15, 0.2) is 0 Å². The number of ether oxygens (including phenoxy) is 1. The summed E-state index contributed by atoms with van der Waals surface area (Å²) in [6, 6.07) is 0. The number of hydrogen-bond acceptors (Lipinski definition) is 3. The predicted molar refractivity (Wildman–Crippen MR) is 46.1 cm³/mol. The Hall–Kier alpha value is 0.200. The molecule has 2 heterocycles. The quantitative estimate of drug-likeness (QED) is 0.585. The van der Waals surface area contributed by atoms with E-state index in [1.807, 2.05) is 0 Å². The van der Waals surface area contributed by atoms with Crippen LogP contribution in [0.3, 0.4) is 0 Å². The fourth-order valence-corrected chi connectivity index (χ4v) is 5.05. The van der Waals surface area contributed by atoms with E-state index in [-0.39, 0.29) is 22.8 Å². The number of rotatable bonds is 1. The average molecular weight is 211 g/mol. The zero-order valence-corrected chi connectivity index (χ0v) is 8.20. The molecule has 0 aliphatic carbocycles. The zero-order valence-electron chi connectivity index (χ0n) is 6.62. The Morgan fingerprint density at radius 2 is 2.33 bits per heavy atom. The van der Waals surface area contributed by atoms with Crippen molar-refractivity contribution in [3.63, 3.8) is 0 Å². The lowest BCUT2D eigenvalue weighted by atomic mass is 9.83. The Morgan fingerprint density at radius 1 is 1.58 bits per heavy atom. The average Bonchev–Trinajstić information content (AvgIpc) is 2.40. The van der Waals surface area contributed by atoms with Crippen molar-refractivity contribution < 1.29 is 13.2 Å². The third-order valence-electron chi connectivity index (χ3n) is 2.80. The van der Waals surface area contributed by atoms with Gasteiger partial charge >= 0.3 is 0 Å². The maximum Gasteiger partial charge on any atom is 0.151 e. The molecule has 0 saturated carbocycles. The van der Waals surface area contributed by atoms with E-state index in [0.717, 1.165) is 0 Å². The molecule has 0 spiro atoms. The first-order valence-corrected chi connectivity index (χ1v) is 6.28. The number of fused-ring (bicyclic) bond motifs is 1. The van der Waals surface area contributed by atoms with Gasteiger partial charge in [0.25, 0.3) is 0 Å². The summed E-state index contributed by atoms with van der Waals surface area (Å²) in [6.07, 6.45) is 0. The van der Waals surface area contributed by atoms with E-state index in [1.54, 1.807) is 0 Å². The van der Waals surface area contributed by atoms with Gasteiger partial charge in [0.05, 0.1) is 24.7 Å². The van der Waals surface area contributed by atoms with Crippen LogP contribution in [0, 0.1) is 11.3 Å². The molecule has 0 aromatic carbocycles. The Morgan fingerprint density at radius 3 is 2.92 bits per heavy atom. The minimum atomic E-state index is -2.84. The molecule has 0 amide bonds. The van der Waals surface area contributed by atoms with E-state index in [2.05, 4.69) is 0 Å². The topological polar surface area (TPSA) is 43.4 Å². The summed E-state index contributed by atoms with van der Waals surface area (Å²) in [5.74, 6) is 1.02. The van der Waals surface area contributed by atoms with Crippen LogP contribution < -0.4 is 0 Å². The molecule has 0 bridgehead atoms. The molecule has 2 atom stereocenters. The van der Waals surface area contributed by atoms with Gasteiger partial charge in [-0.05, 0) is 0 Å². The number of hydrogen-bond donors (Lipinski definition) is 0. The lowest BCUT2D eigenvalue weighted by molar-refractivity contribution is 0.168. The van der Waals surface area contributed by atoms with Crippen molar-refractivity contribution in [3.05, 3.63) is 0 Å². The summed E-state index contributed by atoms with van der Waals surface area (Å²) in [6.45, 7) is 1.08. The van der Waals surface area contributed by atoms with E-state index < -0.39 is 9.84 Å². The van der Waals surface area contributed by atoms with Crippen LogP contribution >= 0.6 is 11.6 Å². The van der Waals surface area contributed by atoms with Crippen molar-refractivity contribution in [2.45, 2.75) is 0 Å². The zero-order chi connectivity index (χ0) is 8.82. The Labute approximate surface area is 77.0 Å². The van der Waals surface area contributed by atoms with E-state index >= 15 is 0 Å². The molecule has 3 nitrogen and oxygen atoms in total. The highest BCUT2D eigenvalue weighted by Crippen LogP contribution is 2.43. The maximum absolute atomic E-state index is 11.3. The number of sulfone groups is 1. The molecule has 0 aromatic rings. The smallest absolute Gasteiger partial charge is 0.151 e. The number of alkyl halides is 1. The minimum absolute atomic E-state index is 0.139. The Balaban J connectivity index is 2.32. The Bertz CT molecular complexity index is 287. The maximum atomic E-state index is 11.3. The van der Waals surface area contributed by atoms with Gasteiger partial charge in [0.15, 0.2) is 9.84 Å². The highest BCUT2D eigenvalue weighted by molar-refractivity contribution is 7.91. The van der Waals surface area contributed by atoms with Crippen molar-refractivity contribution in [2.75, 3.05) is 30.6 Å². The molecular weight excluding hydrogens is 200 g/mol. The van der Waals surface area contributed by atoms with E-state index in [1.165, 1.54) is 0 Å². The van der Waals surface area contributed by atoms with Gasteiger partial charge in [-0.25, -0.2) is 8.42 Å². The molecule has 2 rings (SSSR count). The van der Waals surface area contributed by atoms with Crippen LogP contribution in [0.1, 0.15) is 0 Å². The Kier molecular flexibility index (Phi) is 1.90. The molecule has 12 heavy (non-hydrogen) atoms. The van der Waals surface area contributed by atoms with Gasteiger partial charge in [0.2, 0.25) is 0 Å². The van der Waals surface area contributed by atoms with E-state index in [9.17, 15) is 8.42 Å². The van der Waals surface area contributed by atoms with Crippen molar-refractivity contribution >= 4 is 21.4 Å². The van der Waals surface area contributed by atoms with Crippen molar-refractivity contribution in [1.29, 1.82) is 0 Å². The third kappa shape index (κ3) is 1.17. The second kappa shape index (κ2) is 2.59. The van der Waals surface area contributed by atoms with Gasteiger partial charge < -0.3 is 4.74 Å². The highest BCUT2D eigenvalue weighted by atomic mass is 35.5. The molecular formula is C7H11ClO3S. The molecule has 2 fully saturated rings. The predicted octanol–water partition coefficient (Wildman–Crippen LogP) is 0.286. The highest BCUT2D eigenvalue weighted by Gasteiger charge is 2.53. The lowest BCUT2D eigenvalue weighted by Crippen LogP contribution is -2.30. The van der Waals surface area contributed by atoms with Gasteiger partial charge in [-0.3, -0.25) is 0 Å². The summed E-state index contributed by atoms with van der Waals surface area (Å²) >= 11 is 5.78. The molecule has 2 saturated heterocycles. The van der Waals surface area contributed by atoms with Gasteiger partial charge in [-0.1, -0.05) is 0 Å². The molecule has 5 heteroatoms. The fourth-order valence-electron chi connectivity index (χ4n) is 2.07. The summed E-state index contributed by atoms with van der Waals surface area (Å²) < 4.78 is 27.8. The number of halogens is 1. The second-order valence-electron chi connectivity index (χ2n) is 3.76. The van der Waals surface area contributed by atoms with Gasteiger partial charge in [0.1, 0.15) is 0 Å². The largest absolute Gasteiger partial charge is 0.380 e. The van der Waals surface area contributed by atoms with Crippen molar-refractivity contribution in [2.24, 2.45) is 11.3 Å². The van der Waals surface area contributed by atoms with Crippen LogP contribution in [0.5, 0.6) is 0 Å². The van der Waals surface area contributed by atoms with Crippen molar-refractivity contribution in [1.82, 2.24) is 0 Å². The first kappa shape index (κ1) is 8.78. The summed E-state index contributed by atoms with van der Waals surface area (Å²) in [5.41, 5.74) is -0.264. The van der Waals surface area contributed by atoms with Crippen LogP contribution in [-0.4, -0.2) is 39.0 Å². The van der Waals surface area contributed by atoms with Gasteiger partial charge in [-0.15, -0.1) is 11.6 Å². The van der Waals surface area contributed by atoms with Crippen LogP contribution in [-0.2, 0) is 14.6 Å². The molecule has 2 aliphatic heterocycles. The minimum Gasteiger partial charge on any atom is -0.380 e. The molecule has 70 valence electrons. The molecule has 2 aliphatic rings. The van der Waals surface area contributed by atoms with E-state index in [4.69, 9.17) is 16.3 Å². The lowest BCUT2D eigenvalue weighted by Gasteiger charge is -2.21. The summed E-state index contributed by atoms with van der Waals surface area (Å²) in [5, 5.41) is 0. The fraction of sp³-hybridized carbons (Fsp3) is 1.00. The SMILES string of the molecule is O=S1(=O)CC2COCC2(CCl)C1. The van der Waals surface area contributed by atoms with Gasteiger partial charge in [-0.2, -0.15) is 0 Å². The third-order valence-corrected chi connectivity index (χ3v) is 5.26. The molecule has 2 unspecified atom stereocenters. The first-order chi connectivity index (χ1) is 5.58. The van der Waals surface area contributed by atoms with Crippen LogP contribution in [0.2, 0.25) is 0 Å². The second-order valence-corrected chi connectivity index (χ2v) is 6.14. The summed E-state index contributed by atoms with van der Waals surface area (Å²) in [4.78, 5) is 0. The molecule has 0 aromatic heterocycles. The van der Waals surface area contributed by atoms with Gasteiger partial charge in [0, 0.05) is 17.2 Å². The van der Waals surface area contributed by atoms with Crippen molar-refractivity contribution in [3.8, 4) is 0 Å². The monoisotopic (exact) mass is 210 g/mol. The summed E-state index contributed by atoms with van der Waals surface area (Å²) in [7, 11) is -2.84. The molecule has 0 N–H and O–H groups in total.